The molecule has 0 amide bonds. The zero-order valence-corrected chi connectivity index (χ0v) is 11.0. The fraction of sp³-hybridized carbons (Fsp3) is 0.571. The van der Waals surface area contributed by atoms with Crippen molar-refractivity contribution in [2.45, 2.75) is 31.7 Å². The Bertz CT molecular complexity index is 579. The van der Waals surface area contributed by atoms with Gasteiger partial charge >= 0.3 is 0 Å². The highest BCUT2D eigenvalue weighted by Gasteiger charge is 2.22. The monoisotopic (exact) mass is 257 g/mol. The van der Waals surface area contributed by atoms with E-state index in [1.807, 2.05) is 4.52 Å². The van der Waals surface area contributed by atoms with Crippen molar-refractivity contribution in [3.05, 3.63) is 24.0 Å². The summed E-state index contributed by atoms with van der Waals surface area (Å²) in [6.45, 7) is 3.42. The van der Waals surface area contributed by atoms with Gasteiger partial charge in [-0.05, 0) is 44.4 Å². The van der Waals surface area contributed by atoms with Crippen LogP contribution in [0.25, 0.3) is 5.52 Å². The van der Waals surface area contributed by atoms with Crippen LogP contribution in [0.5, 0.6) is 0 Å². The Morgan fingerprint density at radius 1 is 1.16 bits per heavy atom. The number of pyridine rings is 1. The van der Waals surface area contributed by atoms with E-state index in [2.05, 4.69) is 38.9 Å². The SMILES string of the molecule is c1cc2c(C3CCCN3)nnn2cc1N1CCCC1. The van der Waals surface area contributed by atoms with E-state index >= 15 is 0 Å². The smallest absolute Gasteiger partial charge is 0.107 e. The van der Waals surface area contributed by atoms with Crippen molar-refractivity contribution in [2.24, 2.45) is 0 Å². The van der Waals surface area contributed by atoms with Gasteiger partial charge in [-0.15, -0.1) is 5.10 Å². The molecule has 2 aliphatic rings. The molecule has 5 heteroatoms. The van der Waals surface area contributed by atoms with Crippen molar-refractivity contribution in [1.82, 2.24) is 20.1 Å². The molecule has 19 heavy (non-hydrogen) atoms. The van der Waals surface area contributed by atoms with Crippen molar-refractivity contribution >= 4 is 11.2 Å². The first-order chi connectivity index (χ1) is 9.42. The van der Waals surface area contributed by atoms with Crippen LogP contribution in [0.1, 0.15) is 37.4 Å². The molecule has 2 saturated heterocycles. The lowest BCUT2D eigenvalue weighted by Gasteiger charge is -2.17. The zero-order chi connectivity index (χ0) is 12.7. The van der Waals surface area contributed by atoms with Crippen molar-refractivity contribution in [1.29, 1.82) is 0 Å². The minimum Gasteiger partial charge on any atom is -0.370 e. The lowest BCUT2D eigenvalue weighted by molar-refractivity contribution is 0.628. The van der Waals surface area contributed by atoms with Gasteiger partial charge in [0, 0.05) is 13.1 Å². The highest BCUT2D eigenvalue weighted by molar-refractivity contribution is 5.58. The van der Waals surface area contributed by atoms with Crippen molar-refractivity contribution < 1.29 is 0 Å². The van der Waals surface area contributed by atoms with Crippen LogP contribution in [0.4, 0.5) is 5.69 Å². The highest BCUT2D eigenvalue weighted by Crippen LogP contribution is 2.27. The summed E-state index contributed by atoms with van der Waals surface area (Å²) in [6.07, 6.45) is 7.11. The molecule has 1 atom stereocenters. The van der Waals surface area contributed by atoms with Crippen LogP contribution in [-0.4, -0.2) is 34.5 Å². The molecule has 2 fully saturated rings. The second-order valence-electron chi connectivity index (χ2n) is 5.53. The zero-order valence-electron chi connectivity index (χ0n) is 11.0. The molecule has 100 valence electrons. The maximum atomic E-state index is 4.38. The summed E-state index contributed by atoms with van der Waals surface area (Å²) in [7, 11) is 0. The van der Waals surface area contributed by atoms with Gasteiger partial charge in [-0.1, -0.05) is 5.21 Å². The van der Waals surface area contributed by atoms with Gasteiger partial charge in [0.2, 0.25) is 0 Å². The molecule has 1 N–H and O–H groups in total. The first kappa shape index (κ1) is 11.2. The third-order valence-electron chi connectivity index (χ3n) is 4.29. The van der Waals surface area contributed by atoms with Crippen molar-refractivity contribution in [3.8, 4) is 0 Å². The van der Waals surface area contributed by atoms with Crippen LogP contribution in [0.3, 0.4) is 0 Å². The molecule has 4 heterocycles. The molecule has 5 nitrogen and oxygen atoms in total. The molecule has 0 bridgehead atoms. The van der Waals surface area contributed by atoms with E-state index in [1.165, 1.54) is 31.4 Å². The molecule has 0 aliphatic carbocycles. The summed E-state index contributed by atoms with van der Waals surface area (Å²) in [4.78, 5) is 2.43. The Morgan fingerprint density at radius 3 is 2.84 bits per heavy atom. The highest BCUT2D eigenvalue weighted by atomic mass is 15.4. The normalized spacial score (nSPS) is 23.6. The average molecular weight is 257 g/mol. The summed E-state index contributed by atoms with van der Waals surface area (Å²) in [5, 5.41) is 12.2. The molecular weight excluding hydrogens is 238 g/mol. The first-order valence-electron chi connectivity index (χ1n) is 7.25. The van der Waals surface area contributed by atoms with Gasteiger partial charge < -0.3 is 10.2 Å². The quantitative estimate of drug-likeness (QED) is 0.890. The van der Waals surface area contributed by atoms with Gasteiger partial charge in [0.05, 0.1) is 23.4 Å². The second-order valence-corrected chi connectivity index (χ2v) is 5.53. The van der Waals surface area contributed by atoms with Crippen LogP contribution in [0.15, 0.2) is 18.3 Å². The Morgan fingerprint density at radius 2 is 2.05 bits per heavy atom. The van der Waals surface area contributed by atoms with Gasteiger partial charge in [-0.3, -0.25) is 0 Å². The number of nitrogens with zero attached hydrogens (tertiary/aromatic N) is 4. The predicted molar refractivity (Wildman–Crippen MR) is 74.4 cm³/mol. The first-order valence-corrected chi connectivity index (χ1v) is 7.25. The third-order valence-corrected chi connectivity index (χ3v) is 4.29. The number of hydrogen-bond acceptors (Lipinski definition) is 4. The fourth-order valence-electron chi connectivity index (χ4n) is 3.23. The van der Waals surface area contributed by atoms with Crippen LogP contribution >= 0.6 is 0 Å². The number of aromatic nitrogens is 3. The summed E-state index contributed by atoms with van der Waals surface area (Å²) in [5.74, 6) is 0. The van der Waals surface area contributed by atoms with E-state index < -0.39 is 0 Å². The lowest BCUT2D eigenvalue weighted by atomic mass is 10.1. The maximum absolute atomic E-state index is 4.38. The molecule has 0 saturated carbocycles. The Hall–Kier alpha value is -1.62. The number of nitrogens with one attached hydrogen (secondary N) is 1. The van der Waals surface area contributed by atoms with Gasteiger partial charge in [0.15, 0.2) is 0 Å². The second kappa shape index (κ2) is 4.49. The lowest BCUT2D eigenvalue weighted by Crippen LogP contribution is -2.18. The number of rotatable bonds is 2. The van der Waals surface area contributed by atoms with Gasteiger partial charge in [0.25, 0.3) is 0 Å². The fourth-order valence-corrected chi connectivity index (χ4v) is 3.23. The molecule has 0 spiro atoms. The molecule has 0 radical (unpaired) electrons. The van der Waals surface area contributed by atoms with E-state index in [-0.39, 0.29) is 0 Å². The number of hydrogen-bond donors (Lipinski definition) is 1. The summed E-state index contributed by atoms with van der Waals surface area (Å²) in [6, 6.07) is 4.76. The predicted octanol–water partition coefficient (Wildman–Crippen LogP) is 1.75. The average Bonchev–Trinajstić information content (AvgIpc) is 3.18. The van der Waals surface area contributed by atoms with E-state index in [4.69, 9.17) is 0 Å². The Balaban J connectivity index is 1.70. The van der Waals surface area contributed by atoms with Gasteiger partial charge in [0.1, 0.15) is 5.69 Å². The van der Waals surface area contributed by atoms with Crippen LogP contribution in [-0.2, 0) is 0 Å². The van der Waals surface area contributed by atoms with E-state index in [9.17, 15) is 0 Å². The largest absolute Gasteiger partial charge is 0.370 e. The van der Waals surface area contributed by atoms with Gasteiger partial charge in [-0.25, -0.2) is 4.52 Å². The van der Waals surface area contributed by atoms with Crippen LogP contribution in [0, 0.1) is 0 Å². The molecular formula is C14H19N5. The maximum Gasteiger partial charge on any atom is 0.107 e. The third kappa shape index (κ3) is 1.89. The molecule has 2 aromatic heterocycles. The molecule has 0 aromatic carbocycles. The summed E-state index contributed by atoms with van der Waals surface area (Å²) >= 11 is 0. The van der Waals surface area contributed by atoms with Crippen molar-refractivity contribution in [2.75, 3.05) is 24.5 Å². The Kier molecular flexibility index (Phi) is 2.65. The molecule has 2 aliphatic heterocycles. The van der Waals surface area contributed by atoms with Crippen LogP contribution in [0.2, 0.25) is 0 Å². The topological polar surface area (TPSA) is 45.5 Å². The van der Waals surface area contributed by atoms with E-state index in [1.54, 1.807) is 0 Å². The summed E-state index contributed by atoms with van der Waals surface area (Å²) < 4.78 is 1.93. The molecule has 4 rings (SSSR count). The number of fused-ring (bicyclic) bond motifs is 1. The summed E-state index contributed by atoms with van der Waals surface area (Å²) in [5.41, 5.74) is 3.51. The minimum atomic E-state index is 0.384. The van der Waals surface area contributed by atoms with Crippen LogP contribution < -0.4 is 10.2 Å². The molecule has 1 unspecified atom stereocenters. The molecule has 2 aromatic rings. The Labute approximate surface area is 112 Å². The minimum absolute atomic E-state index is 0.384. The van der Waals surface area contributed by atoms with Gasteiger partial charge in [-0.2, -0.15) is 0 Å². The number of anilines is 1. The standard InChI is InChI=1S/C14H19N5/c1-2-9-18(8-1)11-5-6-13-14(12-4-3-7-15-12)16-17-19(13)10-11/h5-6,10,12,15H,1-4,7-9H2. The van der Waals surface area contributed by atoms with E-state index in [0.29, 0.717) is 6.04 Å². The van der Waals surface area contributed by atoms with E-state index in [0.717, 1.165) is 30.8 Å². The van der Waals surface area contributed by atoms with Crippen molar-refractivity contribution in [3.63, 3.8) is 0 Å².